The predicted molar refractivity (Wildman–Crippen MR) is 57.7 cm³/mol. The summed E-state index contributed by atoms with van der Waals surface area (Å²) in [5, 5.41) is 1.67. The van der Waals surface area contributed by atoms with Crippen LogP contribution in [0.1, 0.15) is 29.4 Å². The summed E-state index contributed by atoms with van der Waals surface area (Å²) in [5.41, 5.74) is 0. The minimum absolute atomic E-state index is 0.228. The Hall–Kier alpha value is -1.49. The van der Waals surface area contributed by atoms with Crippen molar-refractivity contribution in [2.45, 2.75) is 19.8 Å². The molecule has 1 aliphatic rings. The second-order valence-electron chi connectivity index (χ2n) is 3.55. The molecule has 1 aromatic rings. The normalized spacial score (nSPS) is 19.2. The van der Waals surface area contributed by atoms with E-state index in [1.165, 1.54) is 11.3 Å². The lowest BCUT2D eigenvalue weighted by molar-refractivity contribution is -0.142. The SMILES string of the molecule is CCCC(=O)C1C(=O)Oc2ccsc2C1=O. The highest BCUT2D eigenvalue weighted by atomic mass is 32.1. The van der Waals surface area contributed by atoms with Gasteiger partial charge in [0.2, 0.25) is 0 Å². The molecule has 2 heterocycles. The van der Waals surface area contributed by atoms with E-state index < -0.39 is 17.7 Å². The fourth-order valence-electron chi connectivity index (χ4n) is 1.63. The monoisotopic (exact) mass is 238 g/mol. The van der Waals surface area contributed by atoms with Crippen LogP contribution in [0.5, 0.6) is 5.75 Å². The van der Waals surface area contributed by atoms with Crippen molar-refractivity contribution in [3.8, 4) is 5.75 Å². The topological polar surface area (TPSA) is 60.4 Å². The lowest BCUT2D eigenvalue weighted by atomic mass is 9.93. The van der Waals surface area contributed by atoms with Gasteiger partial charge in [-0.3, -0.25) is 14.4 Å². The van der Waals surface area contributed by atoms with Gasteiger partial charge in [-0.15, -0.1) is 11.3 Å². The number of ketones is 2. The molecule has 0 aromatic carbocycles. The van der Waals surface area contributed by atoms with Gasteiger partial charge >= 0.3 is 5.97 Å². The van der Waals surface area contributed by atoms with Crippen LogP contribution in [-0.2, 0) is 9.59 Å². The van der Waals surface area contributed by atoms with Crippen molar-refractivity contribution in [1.29, 1.82) is 0 Å². The molecule has 0 saturated carbocycles. The quantitative estimate of drug-likeness (QED) is 0.595. The number of Topliss-reactive ketones (excluding diaryl/α,β-unsaturated/α-hetero) is 2. The van der Waals surface area contributed by atoms with Crippen LogP contribution in [0.25, 0.3) is 0 Å². The summed E-state index contributed by atoms with van der Waals surface area (Å²) in [5.74, 6) is -2.47. The molecule has 0 spiro atoms. The first-order valence-corrected chi connectivity index (χ1v) is 5.89. The molecule has 0 aliphatic carbocycles. The Morgan fingerprint density at radius 3 is 2.94 bits per heavy atom. The highest BCUT2D eigenvalue weighted by molar-refractivity contribution is 7.12. The molecule has 1 aliphatic heterocycles. The van der Waals surface area contributed by atoms with Gasteiger partial charge in [-0.2, -0.15) is 0 Å². The summed E-state index contributed by atoms with van der Waals surface area (Å²) < 4.78 is 4.95. The largest absolute Gasteiger partial charge is 0.424 e. The van der Waals surface area contributed by atoms with Crippen LogP contribution in [0.3, 0.4) is 0 Å². The molecule has 1 atom stereocenters. The summed E-state index contributed by atoms with van der Waals surface area (Å²) in [6, 6.07) is 1.57. The highest BCUT2D eigenvalue weighted by Gasteiger charge is 2.41. The van der Waals surface area contributed by atoms with E-state index in [2.05, 4.69) is 0 Å². The molecular weight excluding hydrogens is 228 g/mol. The molecular formula is C11H10O4S. The number of esters is 1. The molecule has 0 saturated heterocycles. The number of hydrogen-bond donors (Lipinski definition) is 0. The summed E-state index contributed by atoms with van der Waals surface area (Å²) >= 11 is 1.20. The summed E-state index contributed by atoms with van der Waals surface area (Å²) in [6.45, 7) is 1.83. The number of fused-ring (bicyclic) bond motifs is 1. The Bertz CT molecular complexity index is 460. The van der Waals surface area contributed by atoms with Gasteiger partial charge in [0.05, 0.1) is 0 Å². The Kier molecular flexibility index (Phi) is 2.87. The van der Waals surface area contributed by atoms with Gasteiger partial charge in [0.15, 0.2) is 23.2 Å². The lowest BCUT2D eigenvalue weighted by Crippen LogP contribution is -2.38. The number of carbonyl (C=O) groups excluding carboxylic acids is 3. The third-order valence-electron chi connectivity index (χ3n) is 2.38. The average molecular weight is 238 g/mol. The smallest absolute Gasteiger partial charge is 0.330 e. The summed E-state index contributed by atoms with van der Waals surface area (Å²) in [4.78, 5) is 35.4. The van der Waals surface area contributed by atoms with E-state index in [1.54, 1.807) is 11.4 Å². The van der Waals surface area contributed by atoms with Crippen LogP contribution in [-0.4, -0.2) is 17.5 Å². The Morgan fingerprint density at radius 2 is 2.25 bits per heavy atom. The molecule has 0 bridgehead atoms. The molecule has 16 heavy (non-hydrogen) atoms. The van der Waals surface area contributed by atoms with Gasteiger partial charge < -0.3 is 4.74 Å². The van der Waals surface area contributed by atoms with Crippen LogP contribution in [0.2, 0.25) is 0 Å². The van der Waals surface area contributed by atoms with Crippen molar-refractivity contribution in [3.63, 3.8) is 0 Å². The maximum atomic E-state index is 11.9. The molecule has 1 unspecified atom stereocenters. The minimum Gasteiger partial charge on any atom is -0.424 e. The maximum Gasteiger partial charge on any atom is 0.330 e. The zero-order valence-corrected chi connectivity index (χ0v) is 9.50. The van der Waals surface area contributed by atoms with Crippen LogP contribution in [0.4, 0.5) is 0 Å². The first kappa shape index (κ1) is 11.0. The highest BCUT2D eigenvalue weighted by Crippen LogP contribution is 2.33. The molecule has 84 valence electrons. The van der Waals surface area contributed by atoms with Gasteiger partial charge in [0.1, 0.15) is 4.88 Å². The standard InChI is InChI=1S/C11H10O4S/c1-2-3-6(12)8-9(13)10-7(4-5-16-10)15-11(8)14/h4-5,8H,2-3H2,1H3. The van der Waals surface area contributed by atoms with Crippen LogP contribution in [0.15, 0.2) is 11.4 Å². The van der Waals surface area contributed by atoms with Crippen LogP contribution in [0, 0.1) is 5.92 Å². The second-order valence-corrected chi connectivity index (χ2v) is 4.46. The number of carbonyl (C=O) groups is 3. The molecule has 4 nitrogen and oxygen atoms in total. The Balaban J connectivity index is 2.33. The van der Waals surface area contributed by atoms with Gasteiger partial charge in [0, 0.05) is 6.42 Å². The van der Waals surface area contributed by atoms with E-state index in [4.69, 9.17) is 4.74 Å². The fourth-order valence-corrected chi connectivity index (χ4v) is 2.42. The molecule has 1 aromatic heterocycles. The molecule has 0 N–H and O–H groups in total. The summed E-state index contributed by atoms with van der Waals surface area (Å²) in [6.07, 6.45) is 0.847. The van der Waals surface area contributed by atoms with Crippen molar-refractivity contribution in [1.82, 2.24) is 0 Å². The Labute approximate surface area is 96.2 Å². The second kappa shape index (κ2) is 4.17. The number of rotatable bonds is 3. The van der Waals surface area contributed by atoms with Crippen molar-refractivity contribution >= 4 is 28.9 Å². The van der Waals surface area contributed by atoms with E-state index in [9.17, 15) is 14.4 Å². The number of hydrogen-bond acceptors (Lipinski definition) is 5. The minimum atomic E-state index is -1.24. The molecule has 0 fully saturated rings. The van der Waals surface area contributed by atoms with Crippen molar-refractivity contribution in [2.24, 2.45) is 5.92 Å². The molecule has 5 heteroatoms. The zero-order chi connectivity index (χ0) is 11.7. The Morgan fingerprint density at radius 1 is 1.50 bits per heavy atom. The van der Waals surface area contributed by atoms with Gasteiger partial charge in [0.25, 0.3) is 0 Å². The fraction of sp³-hybridized carbons (Fsp3) is 0.364. The first-order valence-electron chi connectivity index (χ1n) is 5.01. The molecule has 0 amide bonds. The van der Waals surface area contributed by atoms with E-state index in [0.717, 1.165) is 0 Å². The van der Waals surface area contributed by atoms with Crippen molar-refractivity contribution in [2.75, 3.05) is 0 Å². The van der Waals surface area contributed by atoms with E-state index in [0.29, 0.717) is 11.3 Å². The van der Waals surface area contributed by atoms with E-state index >= 15 is 0 Å². The third-order valence-corrected chi connectivity index (χ3v) is 3.29. The van der Waals surface area contributed by atoms with Crippen LogP contribution >= 0.6 is 11.3 Å². The van der Waals surface area contributed by atoms with Crippen molar-refractivity contribution < 1.29 is 19.1 Å². The average Bonchev–Trinajstić information content (AvgIpc) is 2.66. The van der Waals surface area contributed by atoms with E-state index in [1.807, 2.05) is 6.92 Å². The first-order chi connectivity index (χ1) is 7.65. The van der Waals surface area contributed by atoms with Gasteiger partial charge in [-0.05, 0) is 17.9 Å². The molecule has 2 rings (SSSR count). The van der Waals surface area contributed by atoms with E-state index in [-0.39, 0.29) is 18.0 Å². The third kappa shape index (κ3) is 1.67. The predicted octanol–water partition coefficient (Wildman–Crippen LogP) is 1.84. The lowest BCUT2D eigenvalue weighted by Gasteiger charge is -2.18. The van der Waals surface area contributed by atoms with Crippen molar-refractivity contribution in [3.05, 3.63) is 16.3 Å². The summed E-state index contributed by atoms with van der Waals surface area (Å²) in [7, 11) is 0. The zero-order valence-electron chi connectivity index (χ0n) is 8.69. The number of ether oxygens (including phenoxy) is 1. The van der Waals surface area contributed by atoms with Gasteiger partial charge in [-0.25, -0.2) is 0 Å². The van der Waals surface area contributed by atoms with Crippen LogP contribution < -0.4 is 4.74 Å². The number of thiophene rings is 1. The molecule has 0 radical (unpaired) electrons. The maximum absolute atomic E-state index is 11.9. The van der Waals surface area contributed by atoms with Gasteiger partial charge in [-0.1, -0.05) is 6.92 Å².